The van der Waals surface area contributed by atoms with Crippen LogP contribution in [0.1, 0.15) is 0 Å². The van der Waals surface area contributed by atoms with E-state index in [2.05, 4.69) is 9.80 Å². The van der Waals surface area contributed by atoms with Crippen LogP contribution in [0.25, 0.3) is 0 Å². The number of aliphatic hydroxyl groups is 1. The van der Waals surface area contributed by atoms with Gasteiger partial charge in [-0.25, -0.2) is 4.39 Å². The summed E-state index contributed by atoms with van der Waals surface area (Å²) in [6.07, 6.45) is -0.684. The van der Waals surface area contributed by atoms with Crippen molar-refractivity contribution in [3.8, 4) is 11.5 Å². The molecule has 1 atom stereocenters. The van der Waals surface area contributed by atoms with Gasteiger partial charge in [-0.15, -0.1) is 0 Å². The number of halogens is 1. The second kappa shape index (κ2) is 8.18. The number of β-amino-alcohol motifs (C(OH)–C–C–N with tert-alkyl or cyclic N) is 1. The average Bonchev–Trinajstić information content (AvgIpc) is 2.62. The smallest absolute Gasteiger partial charge is 0.165 e. The summed E-state index contributed by atoms with van der Waals surface area (Å²) in [5, 5.41) is 20.1. The zero-order valence-corrected chi connectivity index (χ0v) is 14.0. The summed E-state index contributed by atoms with van der Waals surface area (Å²) < 4.78 is 18.8. The van der Waals surface area contributed by atoms with Crippen molar-refractivity contribution in [3.63, 3.8) is 0 Å². The molecule has 2 aromatic carbocycles. The molecule has 1 fully saturated rings. The highest BCUT2D eigenvalue weighted by Gasteiger charge is 2.21. The van der Waals surface area contributed by atoms with Crippen LogP contribution in [0.2, 0.25) is 0 Å². The normalized spacial score (nSPS) is 16.6. The van der Waals surface area contributed by atoms with Gasteiger partial charge in [-0.1, -0.05) is 24.3 Å². The van der Waals surface area contributed by atoms with Gasteiger partial charge >= 0.3 is 0 Å². The van der Waals surface area contributed by atoms with Crippen LogP contribution in [0, 0.1) is 5.82 Å². The minimum atomic E-state index is -0.684. The van der Waals surface area contributed by atoms with Crippen molar-refractivity contribution in [2.24, 2.45) is 0 Å². The summed E-state index contributed by atoms with van der Waals surface area (Å²) >= 11 is 0. The monoisotopic (exact) mass is 346 g/mol. The van der Waals surface area contributed by atoms with Crippen molar-refractivity contribution in [1.82, 2.24) is 4.90 Å². The van der Waals surface area contributed by atoms with Gasteiger partial charge in [0.2, 0.25) is 0 Å². The van der Waals surface area contributed by atoms with E-state index < -0.39 is 11.9 Å². The minimum Gasteiger partial charge on any atom is -0.506 e. The van der Waals surface area contributed by atoms with Crippen LogP contribution in [0.15, 0.2) is 48.5 Å². The largest absolute Gasteiger partial charge is 0.506 e. The molecule has 0 saturated carbocycles. The van der Waals surface area contributed by atoms with Gasteiger partial charge in [0.05, 0.1) is 5.69 Å². The van der Waals surface area contributed by atoms with E-state index in [1.807, 2.05) is 12.1 Å². The molecular formula is C19H23FN2O3. The second-order valence-corrected chi connectivity index (χ2v) is 6.17. The minimum absolute atomic E-state index is 0.0562. The van der Waals surface area contributed by atoms with Crippen LogP contribution >= 0.6 is 0 Å². The SMILES string of the molecule is Oc1ccccc1N1CCN(CC(O)COc2ccccc2F)CC1. The number of phenolic OH excluding ortho intramolecular Hbond substituents is 1. The molecular weight excluding hydrogens is 323 g/mol. The fourth-order valence-corrected chi connectivity index (χ4v) is 3.00. The first-order valence-corrected chi connectivity index (χ1v) is 8.44. The van der Waals surface area contributed by atoms with Crippen LogP contribution in [-0.2, 0) is 0 Å². The lowest BCUT2D eigenvalue weighted by Gasteiger charge is -2.37. The van der Waals surface area contributed by atoms with Crippen LogP contribution < -0.4 is 9.64 Å². The third kappa shape index (κ3) is 4.61. The van der Waals surface area contributed by atoms with Crippen molar-refractivity contribution in [3.05, 3.63) is 54.3 Å². The number of phenols is 1. The first-order valence-electron chi connectivity index (χ1n) is 8.44. The number of aliphatic hydroxyl groups excluding tert-OH is 1. The fraction of sp³-hybridized carbons (Fsp3) is 0.368. The van der Waals surface area contributed by atoms with E-state index in [9.17, 15) is 14.6 Å². The highest BCUT2D eigenvalue weighted by Crippen LogP contribution is 2.27. The summed E-state index contributed by atoms with van der Waals surface area (Å²) in [5.74, 6) is 0.0196. The van der Waals surface area contributed by atoms with Gasteiger partial charge in [-0.2, -0.15) is 0 Å². The van der Waals surface area contributed by atoms with Gasteiger partial charge in [0.15, 0.2) is 11.6 Å². The van der Waals surface area contributed by atoms with Gasteiger partial charge in [-0.05, 0) is 24.3 Å². The lowest BCUT2D eigenvalue weighted by atomic mass is 10.2. The predicted molar refractivity (Wildman–Crippen MR) is 94.7 cm³/mol. The number of benzene rings is 2. The average molecular weight is 346 g/mol. The first kappa shape index (κ1) is 17.5. The van der Waals surface area contributed by atoms with E-state index >= 15 is 0 Å². The Morgan fingerprint density at radius 2 is 1.68 bits per heavy atom. The third-order valence-corrected chi connectivity index (χ3v) is 4.33. The number of aromatic hydroxyl groups is 1. The molecule has 0 aromatic heterocycles. The second-order valence-electron chi connectivity index (χ2n) is 6.17. The van der Waals surface area contributed by atoms with Gasteiger partial charge in [0.25, 0.3) is 0 Å². The number of ether oxygens (including phenoxy) is 1. The number of hydrogen-bond acceptors (Lipinski definition) is 5. The number of para-hydroxylation sites is 3. The number of hydrogen-bond donors (Lipinski definition) is 2. The van der Waals surface area contributed by atoms with E-state index in [0.29, 0.717) is 6.54 Å². The number of nitrogens with zero attached hydrogens (tertiary/aromatic N) is 2. The zero-order valence-electron chi connectivity index (χ0n) is 14.0. The molecule has 1 heterocycles. The van der Waals surface area contributed by atoms with Crippen molar-refractivity contribution in [2.75, 3.05) is 44.2 Å². The number of anilines is 1. The molecule has 0 radical (unpaired) electrons. The van der Waals surface area contributed by atoms with E-state index in [-0.39, 0.29) is 18.1 Å². The van der Waals surface area contributed by atoms with Crippen molar-refractivity contribution in [1.29, 1.82) is 0 Å². The summed E-state index contributed by atoms with van der Waals surface area (Å²) in [6.45, 7) is 3.65. The molecule has 5 nitrogen and oxygen atoms in total. The van der Waals surface area contributed by atoms with Gasteiger partial charge < -0.3 is 19.8 Å². The van der Waals surface area contributed by atoms with E-state index in [4.69, 9.17) is 4.74 Å². The Kier molecular flexibility index (Phi) is 5.73. The number of piperazine rings is 1. The Bertz CT molecular complexity index is 690. The lowest BCUT2D eigenvalue weighted by Crippen LogP contribution is -2.49. The molecule has 2 N–H and O–H groups in total. The molecule has 0 bridgehead atoms. The standard InChI is InChI=1S/C19H23FN2O3/c20-16-5-1-4-8-19(16)25-14-15(23)13-21-9-11-22(12-10-21)17-6-2-3-7-18(17)24/h1-8,15,23-24H,9-14H2. The molecule has 2 aromatic rings. The Morgan fingerprint density at radius 3 is 2.40 bits per heavy atom. The molecule has 1 aliphatic rings. The van der Waals surface area contributed by atoms with Crippen molar-refractivity contribution in [2.45, 2.75) is 6.10 Å². The predicted octanol–water partition coefficient (Wildman–Crippen LogP) is 2.09. The molecule has 0 aliphatic carbocycles. The first-order chi connectivity index (χ1) is 12.1. The molecule has 1 aliphatic heterocycles. The highest BCUT2D eigenvalue weighted by molar-refractivity contribution is 5.57. The van der Waals surface area contributed by atoms with E-state index in [1.165, 1.54) is 6.07 Å². The Hall–Kier alpha value is -2.31. The third-order valence-electron chi connectivity index (χ3n) is 4.33. The van der Waals surface area contributed by atoms with Crippen LogP contribution in [0.5, 0.6) is 11.5 Å². The summed E-state index contributed by atoms with van der Waals surface area (Å²) in [4.78, 5) is 4.28. The topological polar surface area (TPSA) is 56.2 Å². The van der Waals surface area contributed by atoms with Crippen LogP contribution in [0.4, 0.5) is 10.1 Å². The molecule has 0 amide bonds. The maximum Gasteiger partial charge on any atom is 0.165 e. The lowest BCUT2D eigenvalue weighted by molar-refractivity contribution is 0.0649. The molecule has 1 unspecified atom stereocenters. The molecule has 6 heteroatoms. The van der Waals surface area contributed by atoms with Gasteiger partial charge in [0.1, 0.15) is 18.5 Å². The van der Waals surface area contributed by atoms with Gasteiger partial charge in [0, 0.05) is 32.7 Å². The Balaban J connectivity index is 1.44. The number of rotatable bonds is 6. The van der Waals surface area contributed by atoms with E-state index in [0.717, 1.165) is 31.9 Å². The molecule has 1 saturated heterocycles. The molecule has 134 valence electrons. The highest BCUT2D eigenvalue weighted by atomic mass is 19.1. The summed E-state index contributed by atoms with van der Waals surface area (Å²) in [5.41, 5.74) is 0.839. The van der Waals surface area contributed by atoms with Crippen LogP contribution in [-0.4, -0.2) is 60.5 Å². The van der Waals surface area contributed by atoms with Crippen LogP contribution in [0.3, 0.4) is 0 Å². The fourth-order valence-electron chi connectivity index (χ4n) is 3.00. The van der Waals surface area contributed by atoms with Crippen molar-refractivity contribution < 1.29 is 19.3 Å². The maximum atomic E-state index is 13.5. The van der Waals surface area contributed by atoms with Gasteiger partial charge in [-0.3, -0.25) is 4.90 Å². The van der Waals surface area contributed by atoms with Crippen molar-refractivity contribution >= 4 is 5.69 Å². The zero-order chi connectivity index (χ0) is 17.6. The molecule has 25 heavy (non-hydrogen) atoms. The molecule has 0 spiro atoms. The Morgan fingerprint density at radius 1 is 1.00 bits per heavy atom. The quantitative estimate of drug-likeness (QED) is 0.839. The Labute approximate surface area is 146 Å². The summed E-state index contributed by atoms with van der Waals surface area (Å²) in [7, 11) is 0. The molecule has 3 rings (SSSR count). The maximum absolute atomic E-state index is 13.5. The summed E-state index contributed by atoms with van der Waals surface area (Å²) in [6, 6.07) is 13.5. The van der Waals surface area contributed by atoms with E-state index in [1.54, 1.807) is 30.3 Å².